The molecule has 2 rings (SSSR count). The smallest absolute Gasteiger partial charge is 0.119 e. The van der Waals surface area contributed by atoms with Gasteiger partial charge in [0, 0.05) is 19.3 Å². The van der Waals surface area contributed by atoms with Crippen molar-refractivity contribution in [2.75, 3.05) is 26.9 Å². The third-order valence-electron chi connectivity index (χ3n) is 4.08. The lowest BCUT2D eigenvalue weighted by Gasteiger charge is -2.31. The number of rotatable bonds is 7. The lowest BCUT2D eigenvalue weighted by atomic mass is 9.87. The van der Waals surface area contributed by atoms with Gasteiger partial charge in [0.05, 0.1) is 7.11 Å². The van der Waals surface area contributed by atoms with Gasteiger partial charge in [0.15, 0.2) is 0 Å². The second-order valence-corrected chi connectivity index (χ2v) is 5.57. The van der Waals surface area contributed by atoms with E-state index in [9.17, 15) is 0 Å². The van der Waals surface area contributed by atoms with Gasteiger partial charge >= 0.3 is 0 Å². The van der Waals surface area contributed by atoms with E-state index in [0.29, 0.717) is 6.04 Å². The van der Waals surface area contributed by atoms with Crippen LogP contribution in [0.3, 0.4) is 0 Å². The molecule has 1 unspecified atom stereocenters. The topological polar surface area (TPSA) is 30.5 Å². The van der Waals surface area contributed by atoms with Crippen LogP contribution in [-0.2, 0) is 11.2 Å². The summed E-state index contributed by atoms with van der Waals surface area (Å²) in [6.45, 7) is 5.13. The number of nitrogens with one attached hydrogen (secondary N) is 1. The van der Waals surface area contributed by atoms with Crippen LogP contribution in [0, 0.1) is 5.92 Å². The van der Waals surface area contributed by atoms with E-state index in [0.717, 1.165) is 37.8 Å². The normalized spacial score (nSPS) is 17.9. The predicted octanol–water partition coefficient (Wildman–Crippen LogP) is 3.03. The number of methoxy groups -OCH3 is 1. The standard InChI is InChI=1S/C17H27NO2/c1-3-9-18-17(15-7-10-20-11-8-15)13-14-5-4-6-16(12-14)19-2/h4-6,12,15,17-18H,3,7-11,13H2,1-2H3. The van der Waals surface area contributed by atoms with Gasteiger partial charge in [-0.25, -0.2) is 0 Å². The van der Waals surface area contributed by atoms with Crippen molar-refractivity contribution >= 4 is 0 Å². The van der Waals surface area contributed by atoms with E-state index >= 15 is 0 Å². The first-order valence-electron chi connectivity index (χ1n) is 7.77. The average Bonchev–Trinajstić information content (AvgIpc) is 2.52. The van der Waals surface area contributed by atoms with Gasteiger partial charge in [0.1, 0.15) is 5.75 Å². The van der Waals surface area contributed by atoms with Crippen molar-refractivity contribution in [1.82, 2.24) is 5.32 Å². The van der Waals surface area contributed by atoms with Crippen LogP contribution in [0.15, 0.2) is 24.3 Å². The van der Waals surface area contributed by atoms with Crippen molar-refractivity contribution in [2.45, 2.75) is 38.6 Å². The molecular formula is C17H27NO2. The monoisotopic (exact) mass is 277 g/mol. The molecule has 1 aromatic rings. The summed E-state index contributed by atoms with van der Waals surface area (Å²) >= 11 is 0. The summed E-state index contributed by atoms with van der Waals surface area (Å²) in [4.78, 5) is 0. The highest BCUT2D eigenvalue weighted by atomic mass is 16.5. The minimum absolute atomic E-state index is 0.547. The molecule has 0 radical (unpaired) electrons. The van der Waals surface area contributed by atoms with Crippen molar-refractivity contribution in [2.24, 2.45) is 5.92 Å². The number of hydrogen-bond acceptors (Lipinski definition) is 3. The summed E-state index contributed by atoms with van der Waals surface area (Å²) in [5, 5.41) is 3.73. The van der Waals surface area contributed by atoms with Crippen molar-refractivity contribution < 1.29 is 9.47 Å². The molecule has 1 saturated heterocycles. The predicted molar refractivity (Wildman–Crippen MR) is 82.3 cm³/mol. The van der Waals surface area contributed by atoms with Gasteiger partial charge in [-0.15, -0.1) is 0 Å². The van der Waals surface area contributed by atoms with E-state index in [1.54, 1.807) is 7.11 Å². The molecule has 0 bridgehead atoms. The molecule has 1 atom stereocenters. The van der Waals surface area contributed by atoms with Crippen LogP contribution in [0.5, 0.6) is 5.75 Å². The Labute approximate surface area is 122 Å². The number of hydrogen-bond donors (Lipinski definition) is 1. The zero-order valence-electron chi connectivity index (χ0n) is 12.7. The zero-order valence-corrected chi connectivity index (χ0v) is 12.7. The fraction of sp³-hybridized carbons (Fsp3) is 0.647. The fourth-order valence-electron chi connectivity index (χ4n) is 2.91. The van der Waals surface area contributed by atoms with Gasteiger partial charge in [0.2, 0.25) is 0 Å². The largest absolute Gasteiger partial charge is 0.497 e. The van der Waals surface area contributed by atoms with E-state index in [-0.39, 0.29) is 0 Å². The van der Waals surface area contributed by atoms with Gasteiger partial charge in [-0.05, 0) is 55.8 Å². The summed E-state index contributed by atoms with van der Waals surface area (Å²) in [5.41, 5.74) is 1.35. The van der Waals surface area contributed by atoms with E-state index < -0.39 is 0 Å². The van der Waals surface area contributed by atoms with Crippen molar-refractivity contribution in [3.63, 3.8) is 0 Å². The van der Waals surface area contributed by atoms with Gasteiger partial charge in [-0.1, -0.05) is 19.1 Å². The summed E-state index contributed by atoms with van der Waals surface area (Å²) in [6.07, 6.45) is 4.59. The Morgan fingerprint density at radius 3 is 2.85 bits per heavy atom. The molecule has 1 N–H and O–H groups in total. The van der Waals surface area contributed by atoms with Crippen LogP contribution < -0.4 is 10.1 Å². The number of ether oxygens (including phenoxy) is 2. The molecule has 1 aromatic carbocycles. The zero-order chi connectivity index (χ0) is 14.2. The highest BCUT2D eigenvalue weighted by Gasteiger charge is 2.23. The molecule has 1 heterocycles. The van der Waals surface area contributed by atoms with Gasteiger partial charge in [-0.3, -0.25) is 0 Å². The lowest BCUT2D eigenvalue weighted by Crippen LogP contribution is -2.41. The maximum Gasteiger partial charge on any atom is 0.119 e. The van der Waals surface area contributed by atoms with Gasteiger partial charge in [0.25, 0.3) is 0 Å². The Morgan fingerprint density at radius 1 is 1.35 bits per heavy atom. The van der Waals surface area contributed by atoms with Gasteiger partial charge < -0.3 is 14.8 Å². The molecule has 20 heavy (non-hydrogen) atoms. The Morgan fingerprint density at radius 2 is 2.15 bits per heavy atom. The molecule has 0 saturated carbocycles. The molecule has 0 spiro atoms. The fourth-order valence-corrected chi connectivity index (χ4v) is 2.91. The maximum absolute atomic E-state index is 5.49. The first kappa shape index (κ1) is 15.3. The van der Waals surface area contributed by atoms with Crippen LogP contribution >= 0.6 is 0 Å². The first-order chi connectivity index (χ1) is 9.83. The summed E-state index contributed by atoms with van der Waals surface area (Å²) < 4.78 is 10.8. The van der Waals surface area contributed by atoms with Crippen molar-refractivity contribution in [3.05, 3.63) is 29.8 Å². The molecule has 3 nitrogen and oxygen atoms in total. The minimum atomic E-state index is 0.547. The minimum Gasteiger partial charge on any atom is -0.497 e. The number of benzene rings is 1. The van der Waals surface area contributed by atoms with Crippen LogP contribution in [0.2, 0.25) is 0 Å². The molecule has 1 aliphatic rings. The highest BCUT2D eigenvalue weighted by Crippen LogP contribution is 2.23. The lowest BCUT2D eigenvalue weighted by molar-refractivity contribution is 0.0538. The van der Waals surface area contributed by atoms with E-state index in [1.807, 2.05) is 6.07 Å². The van der Waals surface area contributed by atoms with Crippen LogP contribution in [-0.4, -0.2) is 32.9 Å². The molecule has 0 amide bonds. The third kappa shape index (κ3) is 4.50. The molecule has 0 aliphatic carbocycles. The summed E-state index contributed by atoms with van der Waals surface area (Å²) in [7, 11) is 1.73. The first-order valence-corrected chi connectivity index (χ1v) is 7.77. The quantitative estimate of drug-likeness (QED) is 0.831. The second kappa shape index (κ2) is 8.28. The maximum atomic E-state index is 5.49. The summed E-state index contributed by atoms with van der Waals surface area (Å²) in [5.74, 6) is 1.67. The SMILES string of the molecule is CCCNC(Cc1cccc(OC)c1)C1CCOCC1. The van der Waals surface area contributed by atoms with Gasteiger partial charge in [-0.2, -0.15) is 0 Å². The van der Waals surface area contributed by atoms with Crippen LogP contribution in [0.25, 0.3) is 0 Å². The molecule has 0 aromatic heterocycles. The average molecular weight is 277 g/mol. The Balaban J connectivity index is 2.01. The van der Waals surface area contributed by atoms with Crippen LogP contribution in [0.4, 0.5) is 0 Å². The molecule has 3 heteroatoms. The van der Waals surface area contributed by atoms with Crippen molar-refractivity contribution in [3.8, 4) is 5.75 Å². The molecule has 1 aliphatic heterocycles. The molecule has 1 fully saturated rings. The summed E-state index contributed by atoms with van der Waals surface area (Å²) in [6, 6.07) is 8.98. The molecular weight excluding hydrogens is 250 g/mol. The van der Waals surface area contributed by atoms with E-state index in [1.165, 1.54) is 24.8 Å². The third-order valence-corrected chi connectivity index (χ3v) is 4.08. The Bertz CT molecular complexity index is 388. The second-order valence-electron chi connectivity index (χ2n) is 5.57. The van der Waals surface area contributed by atoms with Crippen LogP contribution in [0.1, 0.15) is 31.7 Å². The molecule has 112 valence electrons. The van der Waals surface area contributed by atoms with Crippen molar-refractivity contribution in [1.29, 1.82) is 0 Å². The van der Waals surface area contributed by atoms with E-state index in [2.05, 4.69) is 30.4 Å². The van der Waals surface area contributed by atoms with E-state index in [4.69, 9.17) is 9.47 Å². The Kier molecular flexibility index (Phi) is 6.34. The Hall–Kier alpha value is -1.06. The highest BCUT2D eigenvalue weighted by molar-refractivity contribution is 5.29.